The molecule has 2 aromatic rings. The van der Waals surface area contributed by atoms with Crippen LogP contribution in [0.3, 0.4) is 0 Å². The van der Waals surface area contributed by atoms with E-state index in [1.165, 1.54) is 0 Å². The topological polar surface area (TPSA) is 79.0 Å². The maximum absolute atomic E-state index is 9.59. The van der Waals surface area contributed by atoms with Crippen molar-refractivity contribution in [2.45, 2.75) is 18.9 Å². The van der Waals surface area contributed by atoms with Crippen molar-refractivity contribution in [1.82, 2.24) is 10.6 Å². The van der Waals surface area contributed by atoms with E-state index in [4.69, 9.17) is 9.15 Å². The second kappa shape index (κ2) is 13.6. The predicted molar refractivity (Wildman–Crippen MR) is 114 cm³/mol. The minimum Gasteiger partial charge on any atom is -0.467 e. The van der Waals surface area contributed by atoms with Gasteiger partial charge in [-0.1, -0.05) is 30.3 Å². The Kier molecular flexibility index (Phi) is 11.7. The zero-order chi connectivity index (χ0) is 17.7. The molecule has 0 saturated carbocycles. The Morgan fingerprint density at radius 1 is 1.19 bits per heavy atom. The first kappa shape index (κ1) is 22.5. The minimum atomic E-state index is 0. The SMILES string of the molecule is CN=C(NCCCOCc1ccco1)NCC(CO)c1ccccc1.I. The van der Waals surface area contributed by atoms with Crippen LogP contribution in [0.4, 0.5) is 0 Å². The highest BCUT2D eigenvalue weighted by molar-refractivity contribution is 14.0. The molecule has 0 spiro atoms. The number of aliphatic imine (C=N–C) groups is 1. The number of guanidine groups is 1. The number of benzene rings is 1. The van der Waals surface area contributed by atoms with Gasteiger partial charge >= 0.3 is 0 Å². The molecule has 1 heterocycles. The summed E-state index contributed by atoms with van der Waals surface area (Å²) in [7, 11) is 1.74. The van der Waals surface area contributed by atoms with Gasteiger partial charge < -0.3 is 24.9 Å². The van der Waals surface area contributed by atoms with E-state index in [1.807, 2.05) is 42.5 Å². The van der Waals surface area contributed by atoms with Crippen LogP contribution in [0.25, 0.3) is 0 Å². The summed E-state index contributed by atoms with van der Waals surface area (Å²) in [6, 6.07) is 13.7. The van der Waals surface area contributed by atoms with E-state index in [-0.39, 0.29) is 36.5 Å². The highest BCUT2D eigenvalue weighted by atomic mass is 127. The first-order valence-electron chi connectivity index (χ1n) is 8.54. The molecule has 0 radical (unpaired) electrons. The molecule has 0 aliphatic carbocycles. The normalized spacial score (nSPS) is 12.3. The van der Waals surface area contributed by atoms with E-state index in [9.17, 15) is 5.11 Å². The quantitative estimate of drug-likeness (QED) is 0.214. The largest absolute Gasteiger partial charge is 0.467 e. The molecule has 3 N–H and O–H groups in total. The van der Waals surface area contributed by atoms with Gasteiger partial charge in [-0.2, -0.15) is 0 Å². The Balaban J connectivity index is 0.00000338. The smallest absolute Gasteiger partial charge is 0.191 e. The second-order valence-electron chi connectivity index (χ2n) is 5.66. The van der Waals surface area contributed by atoms with E-state index in [0.29, 0.717) is 19.8 Å². The fraction of sp³-hybridized carbons (Fsp3) is 0.421. The highest BCUT2D eigenvalue weighted by Crippen LogP contribution is 2.13. The molecule has 0 aliphatic rings. The molecule has 0 amide bonds. The van der Waals surface area contributed by atoms with Crippen LogP contribution in [-0.2, 0) is 11.3 Å². The zero-order valence-corrected chi connectivity index (χ0v) is 17.4. The lowest BCUT2D eigenvalue weighted by Gasteiger charge is -2.18. The number of aliphatic hydroxyl groups is 1. The third kappa shape index (κ3) is 8.20. The van der Waals surface area contributed by atoms with Crippen LogP contribution in [0.1, 0.15) is 23.7 Å². The van der Waals surface area contributed by atoms with Crippen molar-refractivity contribution >= 4 is 29.9 Å². The van der Waals surface area contributed by atoms with Gasteiger partial charge in [-0.25, -0.2) is 0 Å². The standard InChI is InChI=1S/C19H27N3O3.HI/c1-20-19(21-10-6-11-24-15-18-9-5-12-25-18)22-13-17(14-23)16-7-3-2-4-8-16;/h2-5,7-9,12,17,23H,6,10-11,13-15H2,1H3,(H2,20,21,22);1H. The lowest BCUT2D eigenvalue weighted by molar-refractivity contribution is 0.105. The summed E-state index contributed by atoms with van der Waals surface area (Å²) in [5, 5.41) is 16.1. The molecule has 0 aliphatic heterocycles. The number of nitrogens with zero attached hydrogens (tertiary/aromatic N) is 1. The maximum atomic E-state index is 9.59. The summed E-state index contributed by atoms with van der Waals surface area (Å²) < 4.78 is 10.7. The monoisotopic (exact) mass is 473 g/mol. The van der Waals surface area contributed by atoms with Crippen LogP contribution in [0.15, 0.2) is 58.1 Å². The van der Waals surface area contributed by atoms with Gasteiger partial charge in [0, 0.05) is 32.7 Å². The second-order valence-corrected chi connectivity index (χ2v) is 5.66. The lowest BCUT2D eigenvalue weighted by Crippen LogP contribution is -2.40. The fourth-order valence-corrected chi connectivity index (χ4v) is 2.40. The molecule has 1 aromatic carbocycles. The van der Waals surface area contributed by atoms with Crippen LogP contribution >= 0.6 is 24.0 Å². The summed E-state index contributed by atoms with van der Waals surface area (Å²) in [6.45, 7) is 2.61. The summed E-state index contributed by atoms with van der Waals surface area (Å²) in [5.41, 5.74) is 1.11. The third-order valence-electron chi connectivity index (χ3n) is 3.81. The number of halogens is 1. The average molecular weight is 473 g/mol. The van der Waals surface area contributed by atoms with E-state index >= 15 is 0 Å². The van der Waals surface area contributed by atoms with Crippen molar-refractivity contribution < 1.29 is 14.3 Å². The fourth-order valence-electron chi connectivity index (χ4n) is 2.40. The zero-order valence-electron chi connectivity index (χ0n) is 15.1. The molecule has 1 aromatic heterocycles. The molecule has 6 nitrogen and oxygen atoms in total. The Bertz CT molecular complexity index is 606. The maximum Gasteiger partial charge on any atom is 0.191 e. The number of nitrogens with one attached hydrogen (secondary N) is 2. The Morgan fingerprint density at radius 3 is 2.65 bits per heavy atom. The van der Waals surface area contributed by atoms with E-state index < -0.39 is 0 Å². The van der Waals surface area contributed by atoms with E-state index in [1.54, 1.807) is 13.3 Å². The first-order valence-corrected chi connectivity index (χ1v) is 8.54. The summed E-state index contributed by atoms with van der Waals surface area (Å²) in [4.78, 5) is 4.20. The molecule has 144 valence electrons. The van der Waals surface area contributed by atoms with Gasteiger partial charge in [0.25, 0.3) is 0 Å². The molecule has 1 unspecified atom stereocenters. The summed E-state index contributed by atoms with van der Waals surface area (Å²) >= 11 is 0. The Labute approximate surface area is 172 Å². The molecule has 7 heteroatoms. The summed E-state index contributed by atoms with van der Waals surface area (Å²) in [5.74, 6) is 1.60. The van der Waals surface area contributed by atoms with Crippen molar-refractivity contribution in [3.63, 3.8) is 0 Å². The van der Waals surface area contributed by atoms with Gasteiger partial charge in [-0.15, -0.1) is 24.0 Å². The molecule has 1 atom stereocenters. The Morgan fingerprint density at radius 2 is 2.00 bits per heavy atom. The minimum absolute atomic E-state index is 0. The predicted octanol–water partition coefficient (Wildman–Crippen LogP) is 2.75. The van der Waals surface area contributed by atoms with Gasteiger partial charge in [0.05, 0.1) is 12.9 Å². The van der Waals surface area contributed by atoms with Gasteiger partial charge in [-0.3, -0.25) is 4.99 Å². The van der Waals surface area contributed by atoms with E-state index in [0.717, 1.165) is 30.2 Å². The Hall–Kier alpha value is -1.58. The molecule has 2 rings (SSSR count). The molecule has 26 heavy (non-hydrogen) atoms. The number of furan rings is 1. The number of ether oxygens (including phenoxy) is 1. The lowest BCUT2D eigenvalue weighted by atomic mass is 10.0. The van der Waals surface area contributed by atoms with Crippen LogP contribution in [0.5, 0.6) is 0 Å². The molecular formula is C19H28IN3O3. The molecule has 0 saturated heterocycles. The van der Waals surface area contributed by atoms with Gasteiger partial charge in [-0.05, 0) is 24.1 Å². The van der Waals surface area contributed by atoms with Crippen molar-refractivity contribution in [3.8, 4) is 0 Å². The molecular weight excluding hydrogens is 445 g/mol. The van der Waals surface area contributed by atoms with Crippen molar-refractivity contribution in [2.24, 2.45) is 4.99 Å². The number of rotatable bonds is 10. The van der Waals surface area contributed by atoms with Crippen molar-refractivity contribution in [1.29, 1.82) is 0 Å². The van der Waals surface area contributed by atoms with Crippen LogP contribution in [0, 0.1) is 0 Å². The van der Waals surface area contributed by atoms with E-state index in [2.05, 4.69) is 15.6 Å². The van der Waals surface area contributed by atoms with Gasteiger partial charge in [0.2, 0.25) is 0 Å². The van der Waals surface area contributed by atoms with Crippen LogP contribution in [0.2, 0.25) is 0 Å². The van der Waals surface area contributed by atoms with Crippen LogP contribution < -0.4 is 10.6 Å². The van der Waals surface area contributed by atoms with Crippen LogP contribution in [-0.4, -0.2) is 44.4 Å². The highest BCUT2D eigenvalue weighted by Gasteiger charge is 2.10. The summed E-state index contributed by atoms with van der Waals surface area (Å²) in [6.07, 6.45) is 2.51. The van der Waals surface area contributed by atoms with Crippen molar-refractivity contribution in [3.05, 3.63) is 60.1 Å². The molecule has 0 bridgehead atoms. The van der Waals surface area contributed by atoms with Gasteiger partial charge in [0.15, 0.2) is 5.96 Å². The number of hydrogen-bond acceptors (Lipinski definition) is 4. The van der Waals surface area contributed by atoms with Crippen molar-refractivity contribution in [2.75, 3.05) is 33.4 Å². The average Bonchev–Trinajstić information content (AvgIpc) is 3.17. The molecule has 0 fully saturated rings. The van der Waals surface area contributed by atoms with Gasteiger partial charge in [0.1, 0.15) is 12.4 Å². The number of aliphatic hydroxyl groups excluding tert-OH is 1. The number of hydrogen-bond donors (Lipinski definition) is 3. The third-order valence-corrected chi connectivity index (χ3v) is 3.81. The first-order chi connectivity index (χ1) is 12.3.